The van der Waals surface area contributed by atoms with Crippen molar-refractivity contribution in [3.63, 3.8) is 0 Å². The average Bonchev–Trinajstić information content (AvgIpc) is 2.85. The molecule has 2 rings (SSSR count). The van der Waals surface area contributed by atoms with E-state index in [1.165, 1.54) is 5.39 Å². The number of fused-ring (bicyclic) bond motifs is 1. The van der Waals surface area contributed by atoms with Crippen LogP contribution < -0.4 is 0 Å². The molecule has 0 fully saturated rings. The summed E-state index contributed by atoms with van der Waals surface area (Å²) in [4.78, 5) is 25.0. The van der Waals surface area contributed by atoms with Crippen LogP contribution in [0, 0.1) is 5.92 Å². The highest BCUT2D eigenvalue weighted by Crippen LogP contribution is 2.21. The lowest BCUT2D eigenvalue weighted by atomic mass is 10.1. The topological polar surface area (TPSA) is 62.5 Å². The number of carboxylic acids is 1. The van der Waals surface area contributed by atoms with Crippen LogP contribution in [0.3, 0.4) is 0 Å². The van der Waals surface area contributed by atoms with Crippen molar-refractivity contribution < 1.29 is 14.7 Å². The highest BCUT2D eigenvalue weighted by molar-refractivity contribution is 5.85. The molecule has 130 valence electrons. The van der Waals surface area contributed by atoms with Gasteiger partial charge in [0.1, 0.15) is 0 Å². The number of aliphatic carboxylic acids is 1. The van der Waals surface area contributed by atoms with Gasteiger partial charge in [-0.15, -0.1) is 0 Å². The fourth-order valence-corrected chi connectivity index (χ4v) is 3.01. The van der Waals surface area contributed by atoms with Gasteiger partial charge >= 0.3 is 5.97 Å². The van der Waals surface area contributed by atoms with E-state index in [1.807, 2.05) is 33.0 Å². The number of para-hydroxylation sites is 1. The van der Waals surface area contributed by atoms with Crippen LogP contribution in [0.25, 0.3) is 10.9 Å². The maximum absolute atomic E-state index is 12.5. The molecule has 1 aromatic heterocycles. The van der Waals surface area contributed by atoms with Crippen molar-refractivity contribution in [3.8, 4) is 0 Å². The molecular weight excluding hydrogens is 304 g/mol. The molecule has 5 heteroatoms. The van der Waals surface area contributed by atoms with E-state index in [0.29, 0.717) is 25.3 Å². The van der Waals surface area contributed by atoms with Crippen molar-refractivity contribution in [1.82, 2.24) is 9.47 Å². The number of nitrogens with zero attached hydrogens (tertiary/aromatic N) is 2. The van der Waals surface area contributed by atoms with E-state index < -0.39 is 5.97 Å². The Morgan fingerprint density at radius 1 is 1.21 bits per heavy atom. The summed E-state index contributed by atoms with van der Waals surface area (Å²) in [6.07, 6.45) is 3.14. The second-order valence-corrected chi connectivity index (χ2v) is 6.66. The zero-order valence-electron chi connectivity index (χ0n) is 14.7. The average molecular weight is 330 g/mol. The fourth-order valence-electron chi connectivity index (χ4n) is 3.01. The molecule has 0 spiro atoms. The van der Waals surface area contributed by atoms with Gasteiger partial charge in [-0.2, -0.15) is 0 Å². The van der Waals surface area contributed by atoms with Crippen LogP contribution in [-0.4, -0.2) is 39.5 Å². The first-order valence-electron chi connectivity index (χ1n) is 8.41. The van der Waals surface area contributed by atoms with E-state index in [2.05, 4.69) is 22.9 Å². The lowest BCUT2D eigenvalue weighted by Crippen LogP contribution is -2.36. The second kappa shape index (κ2) is 7.99. The first-order chi connectivity index (χ1) is 11.4. The van der Waals surface area contributed by atoms with Crippen LogP contribution in [0.15, 0.2) is 30.5 Å². The fraction of sp³-hybridized carbons (Fsp3) is 0.474. The molecule has 0 aliphatic rings. The van der Waals surface area contributed by atoms with Crippen LogP contribution in [0.4, 0.5) is 0 Å². The number of carbonyl (C=O) groups excluding carboxylic acids is 1. The number of benzene rings is 1. The Kier molecular flexibility index (Phi) is 6.01. The quantitative estimate of drug-likeness (QED) is 0.809. The third-order valence-electron chi connectivity index (χ3n) is 4.12. The van der Waals surface area contributed by atoms with Crippen LogP contribution in [0.1, 0.15) is 32.3 Å². The molecule has 1 N–H and O–H groups in total. The predicted octanol–water partition coefficient (Wildman–Crippen LogP) is 3.07. The third kappa shape index (κ3) is 4.60. The van der Waals surface area contributed by atoms with Gasteiger partial charge in [0.25, 0.3) is 0 Å². The van der Waals surface area contributed by atoms with Crippen LogP contribution in [-0.2, 0) is 23.1 Å². The number of amides is 1. The molecule has 0 saturated carbocycles. The summed E-state index contributed by atoms with van der Waals surface area (Å²) < 4.78 is 2.07. The largest absolute Gasteiger partial charge is 0.481 e. The highest BCUT2D eigenvalue weighted by atomic mass is 16.4. The standard InChI is InChI=1S/C19H26N2O3/c1-14(2)12-21(11-10-19(23)24)18(22)9-8-15-13-20(3)17-7-5-4-6-16(15)17/h4-7,13-14H,8-12H2,1-3H3,(H,23,24). The molecule has 2 aromatic rings. The van der Waals surface area contributed by atoms with Crippen molar-refractivity contribution in [2.45, 2.75) is 33.1 Å². The Morgan fingerprint density at radius 2 is 1.92 bits per heavy atom. The summed E-state index contributed by atoms with van der Waals surface area (Å²) in [6, 6.07) is 8.16. The number of carboxylic acid groups (broad SMARTS) is 1. The molecule has 0 saturated heterocycles. The van der Waals surface area contributed by atoms with Gasteiger partial charge in [-0.05, 0) is 24.0 Å². The Hall–Kier alpha value is -2.30. The number of hydrogen-bond acceptors (Lipinski definition) is 2. The first-order valence-corrected chi connectivity index (χ1v) is 8.41. The smallest absolute Gasteiger partial charge is 0.305 e. The SMILES string of the molecule is CC(C)CN(CCC(=O)O)C(=O)CCc1cn(C)c2ccccc12. The van der Waals surface area contributed by atoms with Crippen LogP contribution in [0.5, 0.6) is 0 Å². The molecule has 24 heavy (non-hydrogen) atoms. The van der Waals surface area contributed by atoms with Crippen molar-refractivity contribution in [3.05, 3.63) is 36.0 Å². The van der Waals surface area contributed by atoms with Gasteiger partial charge in [0.2, 0.25) is 5.91 Å². The summed E-state index contributed by atoms with van der Waals surface area (Å²) in [5.41, 5.74) is 2.31. The summed E-state index contributed by atoms with van der Waals surface area (Å²) >= 11 is 0. The highest BCUT2D eigenvalue weighted by Gasteiger charge is 2.17. The molecule has 0 aliphatic heterocycles. The molecule has 0 bridgehead atoms. The third-order valence-corrected chi connectivity index (χ3v) is 4.12. The molecule has 0 aliphatic carbocycles. The number of carbonyl (C=O) groups is 2. The summed E-state index contributed by atoms with van der Waals surface area (Å²) in [5.74, 6) is -0.524. The Morgan fingerprint density at radius 3 is 2.58 bits per heavy atom. The van der Waals surface area contributed by atoms with E-state index in [1.54, 1.807) is 4.90 Å². The minimum Gasteiger partial charge on any atom is -0.481 e. The number of aryl methyl sites for hydroxylation is 2. The van der Waals surface area contributed by atoms with Gasteiger partial charge in [-0.1, -0.05) is 32.0 Å². The zero-order valence-corrected chi connectivity index (χ0v) is 14.7. The number of rotatable bonds is 8. The molecule has 0 unspecified atom stereocenters. The van der Waals surface area contributed by atoms with Crippen molar-refractivity contribution in [2.75, 3.05) is 13.1 Å². The number of hydrogen-bond donors (Lipinski definition) is 1. The summed E-state index contributed by atoms with van der Waals surface area (Å²) in [5, 5.41) is 10.0. The van der Waals surface area contributed by atoms with E-state index in [0.717, 1.165) is 11.1 Å². The molecular formula is C19H26N2O3. The van der Waals surface area contributed by atoms with Gasteiger partial charge in [0, 0.05) is 43.7 Å². The van der Waals surface area contributed by atoms with Gasteiger partial charge in [-0.3, -0.25) is 9.59 Å². The normalized spacial score (nSPS) is 11.2. The molecule has 0 atom stereocenters. The van der Waals surface area contributed by atoms with E-state index in [9.17, 15) is 9.59 Å². The van der Waals surface area contributed by atoms with E-state index in [-0.39, 0.29) is 18.9 Å². The van der Waals surface area contributed by atoms with E-state index >= 15 is 0 Å². The summed E-state index contributed by atoms with van der Waals surface area (Å²) in [7, 11) is 2.01. The lowest BCUT2D eigenvalue weighted by molar-refractivity contribution is -0.138. The van der Waals surface area contributed by atoms with E-state index in [4.69, 9.17) is 5.11 Å². The van der Waals surface area contributed by atoms with Gasteiger partial charge in [0.15, 0.2) is 0 Å². The van der Waals surface area contributed by atoms with Crippen LogP contribution >= 0.6 is 0 Å². The molecule has 0 radical (unpaired) electrons. The van der Waals surface area contributed by atoms with Gasteiger partial charge in [0.05, 0.1) is 6.42 Å². The maximum Gasteiger partial charge on any atom is 0.305 e. The monoisotopic (exact) mass is 330 g/mol. The Balaban J connectivity index is 2.04. The first kappa shape index (κ1) is 18.0. The molecule has 1 aromatic carbocycles. The minimum absolute atomic E-state index is 0.00721. The van der Waals surface area contributed by atoms with Gasteiger partial charge in [-0.25, -0.2) is 0 Å². The second-order valence-electron chi connectivity index (χ2n) is 6.66. The zero-order chi connectivity index (χ0) is 17.7. The lowest BCUT2D eigenvalue weighted by Gasteiger charge is -2.24. The van der Waals surface area contributed by atoms with Crippen molar-refractivity contribution in [2.24, 2.45) is 13.0 Å². The molecule has 1 amide bonds. The van der Waals surface area contributed by atoms with Crippen LogP contribution in [0.2, 0.25) is 0 Å². The Bertz CT molecular complexity index is 718. The Labute approximate surface area is 142 Å². The molecule has 1 heterocycles. The summed E-state index contributed by atoms with van der Waals surface area (Å²) in [6.45, 7) is 4.95. The molecule has 5 nitrogen and oxygen atoms in total. The van der Waals surface area contributed by atoms with Gasteiger partial charge < -0.3 is 14.6 Å². The number of aromatic nitrogens is 1. The van der Waals surface area contributed by atoms with Crippen molar-refractivity contribution in [1.29, 1.82) is 0 Å². The maximum atomic E-state index is 12.5. The minimum atomic E-state index is -0.870. The predicted molar refractivity (Wildman–Crippen MR) is 94.9 cm³/mol. The van der Waals surface area contributed by atoms with Crippen molar-refractivity contribution >= 4 is 22.8 Å².